The molecular formula is C29H29ClN8OS. The summed E-state index contributed by atoms with van der Waals surface area (Å²) in [6.45, 7) is 7.17. The van der Waals surface area contributed by atoms with Crippen molar-refractivity contribution in [2.45, 2.75) is 26.3 Å². The Kier molecular flexibility index (Phi) is 7.04. The Morgan fingerprint density at radius 3 is 2.52 bits per heavy atom. The average molecular weight is 573 g/mol. The van der Waals surface area contributed by atoms with Crippen LogP contribution >= 0.6 is 22.9 Å². The number of halogens is 1. The van der Waals surface area contributed by atoms with Gasteiger partial charge in [0.25, 0.3) is 0 Å². The number of aryl methyl sites for hydroxylation is 2. The van der Waals surface area contributed by atoms with Gasteiger partial charge >= 0.3 is 0 Å². The van der Waals surface area contributed by atoms with Crippen LogP contribution in [0.25, 0.3) is 5.00 Å². The second-order valence-electron chi connectivity index (χ2n) is 10.2. The second kappa shape index (κ2) is 10.7. The van der Waals surface area contributed by atoms with Crippen LogP contribution in [0.5, 0.6) is 0 Å². The van der Waals surface area contributed by atoms with E-state index in [1.807, 2.05) is 47.7 Å². The molecular weight excluding hydrogens is 544 g/mol. The summed E-state index contributed by atoms with van der Waals surface area (Å²) in [6.07, 6.45) is 3.72. The zero-order valence-electron chi connectivity index (χ0n) is 22.8. The van der Waals surface area contributed by atoms with Gasteiger partial charge in [-0.3, -0.25) is 14.4 Å². The normalized spacial score (nSPS) is 17.0. The van der Waals surface area contributed by atoms with Gasteiger partial charge in [-0.15, -0.1) is 21.5 Å². The van der Waals surface area contributed by atoms with E-state index in [1.165, 1.54) is 0 Å². The van der Waals surface area contributed by atoms with E-state index >= 15 is 0 Å². The fourth-order valence-corrected chi connectivity index (χ4v) is 6.44. The van der Waals surface area contributed by atoms with E-state index in [2.05, 4.69) is 50.5 Å². The molecule has 5 heterocycles. The SMILES string of the molecule is Cc1c(C#Cc2cncn2C)sc2c1C(c1ccc(Cl)cc1)=N[C@@H](CC(=O)N1CCN(C)CC1)c1nnc(C)n1-2. The van der Waals surface area contributed by atoms with Gasteiger partial charge in [-0.1, -0.05) is 23.7 Å². The molecule has 0 aliphatic carbocycles. The molecule has 0 radical (unpaired) electrons. The van der Waals surface area contributed by atoms with Crippen LogP contribution in [0.2, 0.25) is 5.02 Å². The Morgan fingerprint density at radius 2 is 1.82 bits per heavy atom. The number of aliphatic imine (C=N–C) groups is 1. The topological polar surface area (TPSA) is 84.4 Å². The van der Waals surface area contributed by atoms with E-state index in [1.54, 1.807) is 23.9 Å². The van der Waals surface area contributed by atoms with Crippen molar-refractivity contribution in [1.82, 2.24) is 34.1 Å². The molecule has 11 heteroatoms. The molecule has 4 aromatic rings. The van der Waals surface area contributed by atoms with Crippen molar-refractivity contribution < 1.29 is 4.79 Å². The van der Waals surface area contributed by atoms with E-state index in [-0.39, 0.29) is 12.3 Å². The highest BCUT2D eigenvalue weighted by atomic mass is 35.5. The molecule has 1 fully saturated rings. The number of thiophene rings is 1. The van der Waals surface area contributed by atoms with Crippen molar-refractivity contribution in [2.24, 2.45) is 12.0 Å². The summed E-state index contributed by atoms with van der Waals surface area (Å²) in [4.78, 5) is 28.0. The molecule has 0 bridgehead atoms. The Hall–Kier alpha value is -3.78. The summed E-state index contributed by atoms with van der Waals surface area (Å²) in [7, 11) is 4.01. The number of hydrogen-bond acceptors (Lipinski definition) is 7. The van der Waals surface area contributed by atoms with Crippen LogP contribution in [0.15, 0.2) is 41.8 Å². The lowest BCUT2D eigenvalue weighted by molar-refractivity contribution is -0.133. The third-order valence-corrected chi connectivity index (χ3v) is 8.91. The molecule has 1 amide bonds. The van der Waals surface area contributed by atoms with Crippen molar-refractivity contribution in [2.75, 3.05) is 33.2 Å². The molecule has 6 rings (SSSR count). The summed E-state index contributed by atoms with van der Waals surface area (Å²) in [5.74, 6) is 8.10. The summed E-state index contributed by atoms with van der Waals surface area (Å²) >= 11 is 7.84. The van der Waals surface area contributed by atoms with Gasteiger partial charge in [-0.2, -0.15) is 0 Å². The molecule has 1 aromatic carbocycles. The van der Waals surface area contributed by atoms with Crippen molar-refractivity contribution in [1.29, 1.82) is 0 Å². The number of nitrogens with zero attached hydrogens (tertiary/aromatic N) is 8. The Bertz CT molecular complexity index is 1680. The fourth-order valence-electron chi connectivity index (χ4n) is 5.09. The maximum atomic E-state index is 13.5. The largest absolute Gasteiger partial charge is 0.340 e. The van der Waals surface area contributed by atoms with Crippen molar-refractivity contribution in [3.05, 3.63) is 80.7 Å². The smallest absolute Gasteiger partial charge is 0.225 e. The van der Waals surface area contributed by atoms with Gasteiger partial charge in [0.1, 0.15) is 22.6 Å². The van der Waals surface area contributed by atoms with Crippen LogP contribution in [0.1, 0.15) is 51.4 Å². The number of fused-ring (bicyclic) bond motifs is 3. The lowest BCUT2D eigenvalue weighted by Gasteiger charge is -2.33. The van der Waals surface area contributed by atoms with Gasteiger partial charge < -0.3 is 14.4 Å². The van der Waals surface area contributed by atoms with Crippen LogP contribution in [0.3, 0.4) is 0 Å². The summed E-state index contributed by atoms with van der Waals surface area (Å²) in [5, 5.41) is 10.6. The number of hydrogen-bond donors (Lipinski definition) is 0. The first-order chi connectivity index (χ1) is 19.3. The summed E-state index contributed by atoms with van der Waals surface area (Å²) in [6, 6.07) is 7.19. The number of carbonyl (C=O) groups excluding carboxylic acids is 1. The number of imidazole rings is 1. The molecule has 1 atom stereocenters. The van der Waals surface area contributed by atoms with Gasteiger partial charge in [0.05, 0.1) is 29.5 Å². The lowest BCUT2D eigenvalue weighted by atomic mass is 9.99. The van der Waals surface area contributed by atoms with Crippen LogP contribution in [0.4, 0.5) is 0 Å². The minimum absolute atomic E-state index is 0.0780. The van der Waals surface area contributed by atoms with Crippen LogP contribution in [-0.2, 0) is 11.8 Å². The number of aromatic nitrogens is 5. The van der Waals surface area contributed by atoms with Crippen LogP contribution in [-0.4, -0.2) is 79.0 Å². The fraction of sp³-hybridized carbons (Fsp3) is 0.345. The molecule has 0 unspecified atom stereocenters. The molecule has 3 aromatic heterocycles. The predicted molar refractivity (Wildman–Crippen MR) is 156 cm³/mol. The molecule has 40 heavy (non-hydrogen) atoms. The van der Waals surface area contributed by atoms with Gasteiger partial charge in [0.2, 0.25) is 5.91 Å². The molecule has 1 saturated heterocycles. The highest BCUT2D eigenvalue weighted by molar-refractivity contribution is 7.15. The standard InChI is InChI=1S/C29H29ClN8OS/c1-18-24(10-9-22-16-31-17-36(22)4)40-29-26(18)27(20-5-7-21(30)8-6-20)32-23(28-34-33-19(2)38(28)29)15-25(39)37-13-11-35(3)12-14-37/h5-8,16-17,23H,11-15H2,1-4H3/t23-/m0/s1. The number of piperazine rings is 1. The van der Waals surface area contributed by atoms with Crippen molar-refractivity contribution >= 4 is 34.6 Å². The number of benzene rings is 1. The average Bonchev–Trinajstić information content (AvgIpc) is 3.60. The van der Waals surface area contributed by atoms with Gasteiger partial charge in [0.15, 0.2) is 5.82 Å². The first-order valence-electron chi connectivity index (χ1n) is 13.1. The predicted octanol–water partition coefficient (Wildman–Crippen LogP) is 3.79. The third-order valence-electron chi connectivity index (χ3n) is 7.46. The Morgan fingerprint density at radius 1 is 1.07 bits per heavy atom. The first-order valence-corrected chi connectivity index (χ1v) is 14.3. The van der Waals surface area contributed by atoms with Gasteiger partial charge in [-0.05, 0) is 50.4 Å². The quantitative estimate of drug-likeness (QED) is 0.349. The molecule has 9 nitrogen and oxygen atoms in total. The molecule has 2 aliphatic rings. The highest BCUT2D eigenvalue weighted by Crippen LogP contribution is 2.40. The van der Waals surface area contributed by atoms with Crippen molar-refractivity contribution in [3.8, 4) is 16.8 Å². The number of rotatable bonds is 3. The minimum Gasteiger partial charge on any atom is -0.340 e. The second-order valence-corrected chi connectivity index (χ2v) is 11.6. The van der Waals surface area contributed by atoms with Gasteiger partial charge in [-0.25, -0.2) is 4.98 Å². The van der Waals surface area contributed by atoms with E-state index in [0.29, 0.717) is 23.9 Å². The summed E-state index contributed by atoms with van der Waals surface area (Å²) in [5.41, 5.74) is 4.55. The molecule has 0 N–H and O–H groups in total. The third kappa shape index (κ3) is 4.85. The highest BCUT2D eigenvalue weighted by Gasteiger charge is 2.34. The molecule has 2 aliphatic heterocycles. The van der Waals surface area contributed by atoms with E-state index in [0.717, 1.165) is 56.9 Å². The molecule has 204 valence electrons. The zero-order chi connectivity index (χ0) is 28.0. The number of carbonyl (C=O) groups is 1. The summed E-state index contributed by atoms with van der Waals surface area (Å²) < 4.78 is 3.95. The maximum absolute atomic E-state index is 13.5. The zero-order valence-corrected chi connectivity index (χ0v) is 24.4. The first kappa shape index (κ1) is 26.4. The van der Waals surface area contributed by atoms with Gasteiger partial charge in [0, 0.05) is 49.4 Å². The lowest BCUT2D eigenvalue weighted by Crippen LogP contribution is -2.47. The van der Waals surface area contributed by atoms with Crippen LogP contribution < -0.4 is 0 Å². The molecule has 0 saturated carbocycles. The minimum atomic E-state index is -0.484. The van der Waals surface area contributed by atoms with E-state index in [4.69, 9.17) is 16.6 Å². The maximum Gasteiger partial charge on any atom is 0.225 e. The monoisotopic (exact) mass is 572 g/mol. The number of amides is 1. The van der Waals surface area contributed by atoms with E-state index < -0.39 is 6.04 Å². The van der Waals surface area contributed by atoms with E-state index in [9.17, 15) is 4.79 Å². The number of likely N-dealkylation sites (N-methyl/N-ethyl adjacent to an activating group) is 1. The Balaban J connectivity index is 1.48. The Labute approximate surface area is 242 Å². The van der Waals surface area contributed by atoms with Crippen LogP contribution in [0, 0.1) is 25.7 Å². The van der Waals surface area contributed by atoms with Crippen molar-refractivity contribution in [3.63, 3.8) is 0 Å². The molecule has 0 spiro atoms.